The number of H-pyrrole nitrogens is 1. The van der Waals surface area contributed by atoms with E-state index in [4.69, 9.17) is 11.6 Å². The van der Waals surface area contributed by atoms with Crippen LogP contribution in [0.4, 0.5) is 5.95 Å². The molecular formula is C19H29ClN6O. The Kier molecular flexibility index (Phi) is 6.24. The standard InChI is InChI=1S/C19H29ClN6O/c1-13(2)24(4)12-17(21-3)18(27)25-7-9-26(10-8-25)19-22-15-6-5-14(20)11-16(15)23-19/h5-6,11,13,17,21H,7-10,12H2,1-4H3,(H,22,23)/t17-/m1/s1. The number of hydrogen-bond acceptors (Lipinski definition) is 5. The van der Waals surface area contributed by atoms with E-state index in [0.29, 0.717) is 30.7 Å². The Balaban J connectivity index is 1.60. The molecule has 2 aromatic rings. The number of aromatic amines is 1. The maximum Gasteiger partial charge on any atom is 0.241 e. The number of benzene rings is 1. The number of fused-ring (bicyclic) bond motifs is 1. The lowest BCUT2D eigenvalue weighted by Gasteiger charge is -2.37. The smallest absolute Gasteiger partial charge is 0.241 e. The molecule has 3 rings (SSSR count). The van der Waals surface area contributed by atoms with Crippen molar-refractivity contribution < 1.29 is 4.79 Å². The van der Waals surface area contributed by atoms with Gasteiger partial charge in [0.2, 0.25) is 11.9 Å². The van der Waals surface area contributed by atoms with Gasteiger partial charge in [0.05, 0.1) is 17.1 Å². The van der Waals surface area contributed by atoms with Crippen molar-refractivity contribution in [3.05, 3.63) is 23.2 Å². The van der Waals surface area contributed by atoms with Crippen molar-refractivity contribution >= 4 is 34.5 Å². The van der Waals surface area contributed by atoms with E-state index in [2.05, 4.69) is 38.9 Å². The van der Waals surface area contributed by atoms with E-state index in [0.717, 1.165) is 30.1 Å². The summed E-state index contributed by atoms with van der Waals surface area (Å²) in [6, 6.07) is 5.88. The first-order chi connectivity index (χ1) is 12.9. The topological polar surface area (TPSA) is 67.5 Å². The molecule has 0 spiro atoms. The SMILES string of the molecule is CN[C@H](CN(C)C(C)C)C(=O)N1CCN(c2nc3cc(Cl)ccc3[nH]2)CC1. The van der Waals surface area contributed by atoms with Gasteiger partial charge in [-0.3, -0.25) is 4.79 Å². The van der Waals surface area contributed by atoms with Gasteiger partial charge in [-0.15, -0.1) is 0 Å². The van der Waals surface area contributed by atoms with Crippen LogP contribution in [0.5, 0.6) is 0 Å². The van der Waals surface area contributed by atoms with E-state index >= 15 is 0 Å². The fourth-order valence-electron chi connectivity index (χ4n) is 3.27. The normalized spacial score (nSPS) is 16.6. The number of aromatic nitrogens is 2. The largest absolute Gasteiger partial charge is 0.339 e. The zero-order valence-electron chi connectivity index (χ0n) is 16.5. The van der Waals surface area contributed by atoms with Gasteiger partial charge in [-0.25, -0.2) is 4.98 Å². The fourth-order valence-corrected chi connectivity index (χ4v) is 3.43. The van der Waals surface area contributed by atoms with Crippen LogP contribution < -0.4 is 10.2 Å². The first-order valence-corrected chi connectivity index (χ1v) is 9.83. The van der Waals surface area contributed by atoms with Crippen LogP contribution in [0.2, 0.25) is 5.02 Å². The number of carbonyl (C=O) groups is 1. The van der Waals surface area contributed by atoms with Gasteiger partial charge in [0.1, 0.15) is 0 Å². The second kappa shape index (κ2) is 8.46. The predicted molar refractivity (Wildman–Crippen MR) is 111 cm³/mol. The van der Waals surface area contributed by atoms with E-state index in [9.17, 15) is 4.79 Å². The molecule has 0 radical (unpaired) electrons. The third-order valence-electron chi connectivity index (χ3n) is 5.32. The lowest BCUT2D eigenvalue weighted by atomic mass is 10.2. The van der Waals surface area contributed by atoms with Crippen LogP contribution in [0.3, 0.4) is 0 Å². The molecule has 27 heavy (non-hydrogen) atoms. The average Bonchev–Trinajstić information content (AvgIpc) is 3.08. The van der Waals surface area contributed by atoms with Crippen LogP contribution in [0.15, 0.2) is 18.2 Å². The summed E-state index contributed by atoms with van der Waals surface area (Å²) in [6.07, 6.45) is 0. The summed E-state index contributed by atoms with van der Waals surface area (Å²) in [4.78, 5) is 27.2. The molecule has 7 nitrogen and oxygen atoms in total. The molecule has 1 saturated heterocycles. The molecule has 1 atom stereocenters. The zero-order valence-corrected chi connectivity index (χ0v) is 17.3. The maximum atomic E-state index is 12.9. The molecule has 0 unspecified atom stereocenters. The molecule has 8 heteroatoms. The molecule has 1 amide bonds. The summed E-state index contributed by atoms with van der Waals surface area (Å²) >= 11 is 6.05. The van der Waals surface area contributed by atoms with Gasteiger partial charge in [-0.2, -0.15) is 0 Å². The van der Waals surface area contributed by atoms with Gasteiger partial charge < -0.3 is 25.0 Å². The third-order valence-corrected chi connectivity index (χ3v) is 5.56. The third kappa shape index (κ3) is 4.54. The van der Waals surface area contributed by atoms with Crippen molar-refractivity contribution in [1.82, 2.24) is 25.1 Å². The number of hydrogen-bond donors (Lipinski definition) is 2. The van der Waals surface area contributed by atoms with E-state index in [1.807, 2.05) is 37.2 Å². The van der Waals surface area contributed by atoms with E-state index in [1.165, 1.54) is 0 Å². The minimum atomic E-state index is -0.183. The quantitative estimate of drug-likeness (QED) is 0.784. The van der Waals surface area contributed by atoms with Gasteiger partial charge in [-0.1, -0.05) is 11.6 Å². The molecule has 0 aliphatic carbocycles. The van der Waals surface area contributed by atoms with Gasteiger partial charge in [0.25, 0.3) is 0 Å². The molecule has 0 bridgehead atoms. The van der Waals surface area contributed by atoms with Crippen molar-refractivity contribution in [2.45, 2.75) is 25.9 Å². The number of nitrogens with zero attached hydrogens (tertiary/aromatic N) is 4. The van der Waals surface area contributed by atoms with Crippen LogP contribution >= 0.6 is 11.6 Å². The van der Waals surface area contributed by atoms with Crippen LogP contribution in [0, 0.1) is 0 Å². The van der Waals surface area contributed by atoms with E-state index in [-0.39, 0.29) is 11.9 Å². The minimum Gasteiger partial charge on any atom is -0.339 e. The monoisotopic (exact) mass is 392 g/mol. The van der Waals surface area contributed by atoms with Crippen LogP contribution in [-0.4, -0.2) is 84.6 Å². The lowest BCUT2D eigenvalue weighted by Crippen LogP contribution is -2.56. The molecule has 148 valence electrons. The highest BCUT2D eigenvalue weighted by Gasteiger charge is 2.28. The molecule has 2 heterocycles. The Morgan fingerprint density at radius 3 is 2.67 bits per heavy atom. The zero-order chi connectivity index (χ0) is 19.6. The van der Waals surface area contributed by atoms with Crippen LogP contribution in [0.25, 0.3) is 11.0 Å². The minimum absolute atomic E-state index is 0.168. The highest BCUT2D eigenvalue weighted by Crippen LogP contribution is 2.22. The van der Waals surface area contributed by atoms with E-state index in [1.54, 1.807) is 0 Å². The van der Waals surface area contributed by atoms with E-state index < -0.39 is 0 Å². The number of anilines is 1. The maximum absolute atomic E-state index is 12.9. The first kappa shape index (κ1) is 19.9. The predicted octanol–water partition coefficient (Wildman–Crippen LogP) is 1.79. The number of carbonyl (C=O) groups excluding carboxylic acids is 1. The number of halogens is 1. The summed E-state index contributed by atoms with van der Waals surface area (Å²) in [5, 5.41) is 3.85. The van der Waals surface area contributed by atoms with Crippen LogP contribution in [-0.2, 0) is 4.79 Å². The first-order valence-electron chi connectivity index (χ1n) is 9.45. The molecule has 1 aliphatic rings. The van der Waals surface area contributed by atoms with Crippen molar-refractivity contribution in [3.8, 4) is 0 Å². The number of imidazole rings is 1. The number of likely N-dealkylation sites (N-methyl/N-ethyl adjacent to an activating group) is 2. The highest BCUT2D eigenvalue weighted by atomic mass is 35.5. The lowest BCUT2D eigenvalue weighted by molar-refractivity contribution is -0.134. The number of piperazine rings is 1. The summed E-state index contributed by atoms with van der Waals surface area (Å²) in [5.41, 5.74) is 1.84. The Morgan fingerprint density at radius 2 is 2.04 bits per heavy atom. The van der Waals surface area contributed by atoms with Crippen LogP contribution in [0.1, 0.15) is 13.8 Å². The Morgan fingerprint density at radius 1 is 1.33 bits per heavy atom. The fraction of sp³-hybridized carbons (Fsp3) is 0.579. The number of nitrogens with one attached hydrogen (secondary N) is 2. The van der Waals surface area contributed by atoms with Crippen molar-refractivity contribution in [2.24, 2.45) is 0 Å². The molecule has 1 aromatic carbocycles. The second-order valence-electron chi connectivity index (χ2n) is 7.41. The molecule has 0 saturated carbocycles. The summed E-state index contributed by atoms with van der Waals surface area (Å²) in [5.74, 6) is 1.00. The van der Waals surface area contributed by atoms with Gasteiger partial charge in [0, 0.05) is 43.8 Å². The second-order valence-corrected chi connectivity index (χ2v) is 7.85. The summed E-state index contributed by atoms with van der Waals surface area (Å²) in [7, 11) is 3.90. The Hall–Kier alpha value is -1.83. The molecule has 1 aliphatic heterocycles. The Bertz CT molecular complexity index is 784. The van der Waals surface area contributed by atoms with Gasteiger partial charge in [0.15, 0.2) is 0 Å². The highest BCUT2D eigenvalue weighted by molar-refractivity contribution is 6.31. The Labute approximate surface area is 165 Å². The molecule has 1 fully saturated rings. The molecule has 1 aromatic heterocycles. The molecule has 2 N–H and O–H groups in total. The average molecular weight is 393 g/mol. The van der Waals surface area contributed by atoms with Gasteiger partial charge >= 0.3 is 0 Å². The summed E-state index contributed by atoms with van der Waals surface area (Å²) < 4.78 is 0. The van der Waals surface area contributed by atoms with Crippen molar-refractivity contribution in [3.63, 3.8) is 0 Å². The van der Waals surface area contributed by atoms with Crippen molar-refractivity contribution in [1.29, 1.82) is 0 Å². The van der Waals surface area contributed by atoms with Gasteiger partial charge in [-0.05, 0) is 46.1 Å². The molecular weight excluding hydrogens is 364 g/mol. The number of rotatable bonds is 6. The summed E-state index contributed by atoms with van der Waals surface area (Å²) in [6.45, 7) is 7.89. The number of amides is 1. The van der Waals surface area contributed by atoms with Crippen molar-refractivity contribution in [2.75, 3.05) is 51.7 Å².